The largest absolute Gasteiger partial charge is 0.480 e. The van der Waals surface area contributed by atoms with Crippen molar-refractivity contribution >= 4 is 5.97 Å². The van der Waals surface area contributed by atoms with Crippen LogP contribution in [0.5, 0.6) is 0 Å². The minimum atomic E-state index is -0.807. The minimum absolute atomic E-state index is 0.360. The van der Waals surface area contributed by atoms with Crippen molar-refractivity contribution in [2.75, 3.05) is 13.1 Å². The highest BCUT2D eigenvalue weighted by atomic mass is 16.4. The summed E-state index contributed by atoms with van der Waals surface area (Å²) in [5, 5.41) is 18.9. The molecule has 0 unspecified atom stereocenters. The first-order chi connectivity index (χ1) is 8.89. The van der Waals surface area contributed by atoms with Gasteiger partial charge in [0.25, 0.3) is 0 Å². The molecule has 0 spiro atoms. The highest BCUT2D eigenvalue weighted by Crippen LogP contribution is 2.59. The molecule has 1 saturated carbocycles. The van der Waals surface area contributed by atoms with Crippen molar-refractivity contribution in [3.05, 3.63) is 11.6 Å². The Bertz CT molecular complexity index is 429. The molecule has 2 N–H and O–H groups in total. The summed E-state index contributed by atoms with van der Waals surface area (Å²) < 4.78 is 0. The zero-order valence-corrected chi connectivity index (χ0v) is 11.7. The number of likely N-dealkylation sites (tertiary alicyclic amines) is 1. The predicted octanol–water partition coefficient (Wildman–Crippen LogP) is 1.50. The van der Waals surface area contributed by atoms with Gasteiger partial charge in [-0.15, -0.1) is 0 Å². The van der Waals surface area contributed by atoms with Crippen LogP contribution in [-0.4, -0.2) is 46.3 Å². The topological polar surface area (TPSA) is 60.8 Å². The van der Waals surface area contributed by atoms with E-state index >= 15 is 0 Å². The maximum absolute atomic E-state index is 11.2. The second-order valence-corrected chi connectivity index (χ2v) is 6.99. The number of aliphatic carboxylic acids is 1. The molecule has 1 aliphatic heterocycles. The molecule has 4 rings (SSSR count). The number of carbonyl (C=O) groups is 1. The molecule has 0 radical (unpaired) electrons. The fourth-order valence-electron chi connectivity index (χ4n) is 4.20. The number of carboxylic acids is 1. The number of fused-ring (bicyclic) bond motifs is 1. The Labute approximate surface area is 114 Å². The van der Waals surface area contributed by atoms with Gasteiger partial charge in [-0.2, -0.15) is 0 Å². The molecule has 3 aliphatic carbocycles. The van der Waals surface area contributed by atoms with Crippen molar-refractivity contribution in [2.45, 2.75) is 45.3 Å². The summed E-state index contributed by atoms with van der Waals surface area (Å²) in [5.74, 6) is 0.609. The third-order valence-corrected chi connectivity index (χ3v) is 5.63. The normalized spacial score (nSPS) is 40.7. The first-order valence-electron chi connectivity index (χ1n) is 7.23. The second-order valence-electron chi connectivity index (χ2n) is 6.99. The van der Waals surface area contributed by atoms with Gasteiger partial charge >= 0.3 is 5.97 Å². The number of hydrogen-bond acceptors (Lipinski definition) is 3. The van der Waals surface area contributed by atoms with Gasteiger partial charge in [-0.1, -0.05) is 25.5 Å². The van der Waals surface area contributed by atoms with Crippen LogP contribution in [0.4, 0.5) is 0 Å². The summed E-state index contributed by atoms with van der Waals surface area (Å²) in [6, 6.07) is -0.517. The average Bonchev–Trinajstić information content (AvgIpc) is 2.70. The van der Waals surface area contributed by atoms with Crippen LogP contribution in [0, 0.1) is 17.3 Å². The Morgan fingerprint density at radius 2 is 2.21 bits per heavy atom. The Balaban J connectivity index is 1.72. The van der Waals surface area contributed by atoms with Crippen molar-refractivity contribution < 1.29 is 15.0 Å². The summed E-state index contributed by atoms with van der Waals surface area (Å²) in [7, 11) is 0. The van der Waals surface area contributed by atoms with Gasteiger partial charge in [-0.25, -0.2) is 0 Å². The first-order valence-corrected chi connectivity index (χ1v) is 7.23. The van der Waals surface area contributed by atoms with Gasteiger partial charge in [0.05, 0.1) is 6.10 Å². The van der Waals surface area contributed by atoms with Gasteiger partial charge in [-0.05, 0) is 30.1 Å². The zero-order chi connectivity index (χ0) is 13.8. The number of rotatable bonds is 3. The van der Waals surface area contributed by atoms with E-state index in [1.165, 1.54) is 12.0 Å². The summed E-state index contributed by atoms with van der Waals surface area (Å²) >= 11 is 0. The minimum Gasteiger partial charge on any atom is -0.480 e. The molecule has 4 nitrogen and oxygen atoms in total. The van der Waals surface area contributed by atoms with E-state index in [4.69, 9.17) is 0 Å². The van der Waals surface area contributed by atoms with Gasteiger partial charge in [0.1, 0.15) is 6.04 Å². The van der Waals surface area contributed by atoms with Crippen LogP contribution in [0.25, 0.3) is 0 Å². The molecule has 2 bridgehead atoms. The van der Waals surface area contributed by atoms with E-state index in [0.29, 0.717) is 24.3 Å². The number of carboxylic acid groups (broad SMARTS) is 1. The van der Waals surface area contributed by atoms with Crippen molar-refractivity contribution in [1.29, 1.82) is 0 Å². The predicted molar refractivity (Wildman–Crippen MR) is 71.7 cm³/mol. The smallest absolute Gasteiger partial charge is 0.321 e. The van der Waals surface area contributed by atoms with E-state index in [2.05, 4.69) is 19.9 Å². The van der Waals surface area contributed by atoms with E-state index in [1.54, 1.807) is 0 Å². The molecule has 4 aliphatic rings. The molecule has 19 heavy (non-hydrogen) atoms. The van der Waals surface area contributed by atoms with Crippen LogP contribution in [0.3, 0.4) is 0 Å². The van der Waals surface area contributed by atoms with Crippen molar-refractivity contribution in [3.8, 4) is 0 Å². The lowest BCUT2D eigenvalue weighted by atomic mass is 9.49. The Morgan fingerprint density at radius 1 is 1.47 bits per heavy atom. The van der Waals surface area contributed by atoms with Gasteiger partial charge in [-0.3, -0.25) is 9.69 Å². The molecule has 106 valence electrons. The van der Waals surface area contributed by atoms with Crippen LogP contribution in [0.2, 0.25) is 0 Å². The van der Waals surface area contributed by atoms with Gasteiger partial charge in [0.2, 0.25) is 0 Å². The fourth-order valence-corrected chi connectivity index (χ4v) is 4.20. The zero-order valence-electron chi connectivity index (χ0n) is 11.7. The third kappa shape index (κ3) is 2.01. The lowest BCUT2D eigenvalue weighted by molar-refractivity contribution is -0.142. The molecule has 0 aromatic rings. The van der Waals surface area contributed by atoms with Crippen LogP contribution in [-0.2, 0) is 4.79 Å². The molecule has 4 heteroatoms. The number of β-amino-alcohol motifs (C(OH)–C–C–N with tert-alkyl or cyclic N) is 1. The molecular weight excluding hydrogens is 242 g/mol. The number of aliphatic hydroxyl groups excluding tert-OH is 1. The van der Waals surface area contributed by atoms with E-state index < -0.39 is 18.1 Å². The van der Waals surface area contributed by atoms with Crippen LogP contribution in [0.1, 0.15) is 33.1 Å². The van der Waals surface area contributed by atoms with Gasteiger partial charge in [0.15, 0.2) is 0 Å². The first kappa shape index (κ1) is 13.1. The van der Waals surface area contributed by atoms with Crippen LogP contribution >= 0.6 is 0 Å². The molecule has 0 aromatic carbocycles. The van der Waals surface area contributed by atoms with Gasteiger partial charge in [0, 0.05) is 19.5 Å². The van der Waals surface area contributed by atoms with E-state index in [9.17, 15) is 15.0 Å². The molecule has 2 fully saturated rings. The van der Waals surface area contributed by atoms with E-state index in [-0.39, 0.29) is 0 Å². The maximum atomic E-state index is 11.2. The lowest BCUT2D eigenvalue weighted by Crippen LogP contribution is -2.50. The monoisotopic (exact) mass is 265 g/mol. The average molecular weight is 265 g/mol. The summed E-state index contributed by atoms with van der Waals surface area (Å²) in [5.41, 5.74) is 1.77. The Hall–Kier alpha value is -0.870. The molecule has 1 heterocycles. The number of nitrogens with zero attached hydrogens (tertiary/aromatic N) is 1. The molecule has 0 amide bonds. The SMILES string of the molecule is CC1(C)[C@H]2CC=C(CN3C[C@H](O)C[C@H]3C(=O)O)[C@@H]1C2. The molecule has 0 aromatic heterocycles. The van der Waals surface area contributed by atoms with Crippen molar-refractivity contribution in [2.24, 2.45) is 17.3 Å². The fraction of sp³-hybridized carbons (Fsp3) is 0.800. The quantitative estimate of drug-likeness (QED) is 0.759. The number of allylic oxidation sites excluding steroid dienone is 1. The summed E-state index contributed by atoms with van der Waals surface area (Å²) in [4.78, 5) is 13.2. The maximum Gasteiger partial charge on any atom is 0.321 e. The Kier molecular flexibility index (Phi) is 2.98. The Morgan fingerprint density at radius 3 is 2.79 bits per heavy atom. The lowest BCUT2D eigenvalue weighted by Gasteiger charge is -2.57. The van der Waals surface area contributed by atoms with Crippen molar-refractivity contribution in [1.82, 2.24) is 4.90 Å². The third-order valence-electron chi connectivity index (χ3n) is 5.63. The molecule has 4 atom stereocenters. The number of aliphatic hydroxyl groups is 1. The van der Waals surface area contributed by atoms with Crippen LogP contribution in [0.15, 0.2) is 11.6 Å². The summed E-state index contributed by atoms with van der Waals surface area (Å²) in [6.07, 6.45) is 4.57. The highest BCUT2D eigenvalue weighted by molar-refractivity contribution is 5.74. The summed E-state index contributed by atoms with van der Waals surface area (Å²) in [6.45, 7) is 5.86. The van der Waals surface area contributed by atoms with Crippen molar-refractivity contribution in [3.63, 3.8) is 0 Å². The standard InChI is InChI=1S/C15H23NO3/c1-15(2)10-4-3-9(12(15)5-10)7-16-8-11(17)6-13(16)14(18)19/h3,10-13,17H,4-8H2,1-2H3,(H,18,19)/t10-,11+,12-,13-/m0/s1. The second kappa shape index (κ2) is 4.32. The number of hydrogen-bond donors (Lipinski definition) is 2. The molecular formula is C15H23NO3. The highest BCUT2D eigenvalue weighted by Gasteiger charge is 2.51. The van der Waals surface area contributed by atoms with Gasteiger partial charge < -0.3 is 10.2 Å². The molecule has 1 saturated heterocycles. The van der Waals surface area contributed by atoms with E-state index in [0.717, 1.165) is 18.9 Å². The van der Waals surface area contributed by atoms with E-state index in [1.807, 2.05) is 4.90 Å². The van der Waals surface area contributed by atoms with Crippen LogP contribution < -0.4 is 0 Å².